The second-order valence-corrected chi connectivity index (χ2v) is 8.94. The van der Waals surface area contributed by atoms with E-state index in [1.165, 1.54) is 0 Å². The molecule has 1 aromatic heterocycles. The number of carbonyl (C=O) groups excluding carboxylic acids is 2. The summed E-state index contributed by atoms with van der Waals surface area (Å²) in [5.74, 6) is -0.750. The van der Waals surface area contributed by atoms with Crippen molar-refractivity contribution in [2.24, 2.45) is 5.41 Å². The van der Waals surface area contributed by atoms with Crippen molar-refractivity contribution in [2.75, 3.05) is 6.61 Å². The van der Waals surface area contributed by atoms with Crippen LogP contribution in [0.3, 0.4) is 0 Å². The quantitative estimate of drug-likeness (QED) is 0.533. The molecule has 148 valence electrons. The van der Waals surface area contributed by atoms with Crippen LogP contribution >= 0.6 is 11.6 Å². The van der Waals surface area contributed by atoms with Gasteiger partial charge in [0.25, 0.3) is 0 Å². The molecule has 6 heteroatoms. The highest BCUT2D eigenvalue weighted by Gasteiger charge is 2.44. The van der Waals surface area contributed by atoms with Crippen LogP contribution in [0, 0.1) is 5.41 Å². The minimum Gasteiger partial charge on any atom is -0.464 e. The molecule has 1 aromatic carbocycles. The van der Waals surface area contributed by atoms with E-state index in [9.17, 15) is 9.59 Å². The summed E-state index contributed by atoms with van der Waals surface area (Å²) < 4.78 is 10.9. The largest absolute Gasteiger partial charge is 0.464 e. The molecule has 3 heterocycles. The smallest absolute Gasteiger partial charge is 0.343 e. The molecule has 0 radical (unpaired) electrons. The van der Waals surface area contributed by atoms with Crippen LogP contribution in [-0.4, -0.2) is 29.3 Å². The van der Waals surface area contributed by atoms with Crippen molar-refractivity contribution >= 4 is 34.3 Å². The van der Waals surface area contributed by atoms with Crippen molar-refractivity contribution in [2.45, 2.75) is 52.6 Å². The van der Waals surface area contributed by atoms with Crippen molar-refractivity contribution in [3.63, 3.8) is 0 Å². The molecule has 2 atom stereocenters. The van der Waals surface area contributed by atoms with Crippen LogP contribution < -0.4 is 0 Å². The van der Waals surface area contributed by atoms with Crippen LogP contribution in [0.1, 0.15) is 51.3 Å². The summed E-state index contributed by atoms with van der Waals surface area (Å²) in [5.41, 5.74) is 2.95. The van der Waals surface area contributed by atoms with E-state index in [0.717, 1.165) is 28.5 Å². The number of Topliss-reactive ketones (excluding diaryl/α,β-unsaturated/α-hetero) is 1. The fraction of sp³-hybridized carbons (Fsp3) is 0.455. The number of hydrogen-bond donors (Lipinski definition) is 0. The lowest BCUT2D eigenvalue weighted by Crippen LogP contribution is -2.50. The summed E-state index contributed by atoms with van der Waals surface area (Å²) >= 11 is 6.50. The normalized spacial score (nSPS) is 22.0. The molecule has 0 saturated carbocycles. The maximum atomic E-state index is 12.8. The number of benzene rings is 1. The first kappa shape index (κ1) is 19.1. The number of esters is 1. The Balaban J connectivity index is 1.89. The molecule has 2 aromatic rings. The summed E-state index contributed by atoms with van der Waals surface area (Å²) in [7, 11) is 0. The molecule has 0 spiro atoms. The van der Waals surface area contributed by atoms with Crippen LogP contribution in [0.5, 0.6) is 0 Å². The van der Waals surface area contributed by atoms with Gasteiger partial charge in [-0.1, -0.05) is 32.4 Å². The minimum atomic E-state index is -0.552. The number of furan rings is 1. The van der Waals surface area contributed by atoms with Gasteiger partial charge in [-0.05, 0) is 36.5 Å². The Morgan fingerprint density at radius 1 is 1.36 bits per heavy atom. The Morgan fingerprint density at radius 3 is 2.79 bits per heavy atom. The van der Waals surface area contributed by atoms with Crippen LogP contribution in [0.15, 0.2) is 34.6 Å². The SMILES string of the molecule is CCOC(=O)C1=CN2C(CC1=O)c1cc(Cl)c3ccoc3c1CC2C(C)(C)C. The third-order valence-corrected chi connectivity index (χ3v) is 6.07. The van der Waals surface area contributed by atoms with Gasteiger partial charge >= 0.3 is 5.97 Å². The number of ether oxygens (including phenoxy) is 1. The van der Waals surface area contributed by atoms with Gasteiger partial charge in [-0.25, -0.2) is 4.79 Å². The summed E-state index contributed by atoms with van der Waals surface area (Å²) in [4.78, 5) is 27.2. The standard InChI is InChI=1S/C22H24ClNO4/c1-5-27-21(26)15-11-24-17(10-18(15)25)13-8-16(23)12-6-7-28-20(12)14(13)9-19(24)22(2,3)4/h6-8,11,17,19H,5,9-10H2,1-4H3. The maximum absolute atomic E-state index is 12.8. The Kier molecular flexibility index (Phi) is 4.53. The predicted octanol–water partition coefficient (Wildman–Crippen LogP) is 4.82. The van der Waals surface area contributed by atoms with Crippen molar-refractivity contribution < 1.29 is 18.7 Å². The second kappa shape index (κ2) is 6.66. The molecular weight excluding hydrogens is 378 g/mol. The molecule has 0 fully saturated rings. The minimum absolute atomic E-state index is 0.0782. The fourth-order valence-corrected chi connectivity index (χ4v) is 4.65. The molecule has 28 heavy (non-hydrogen) atoms. The van der Waals surface area contributed by atoms with Gasteiger partial charge < -0.3 is 14.1 Å². The highest BCUT2D eigenvalue weighted by Crippen LogP contribution is 2.47. The molecule has 0 N–H and O–H groups in total. The molecule has 0 saturated heterocycles. The number of fused-ring (bicyclic) bond motifs is 5. The van der Waals surface area contributed by atoms with E-state index in [0.29, 0.717) is 5.02 Å². The number of rotatable bonds is 2. The van der Waals surface area contributed by atoms with Crippen LogP contribution in [-0.2, 0) is 20.7 Å². The zero-order valence-electron chi connectivity index (χ0n) is 16.5. The molecule has 2 unspecified atom stereocenters. The van der Waals surface area contributed by atoms with Gasteiger partial charge in [0.2, 0.25) is 0 Å². The van der Waals surface area contributed by atoms with Gasteiger partial charge in [0, 0.05) is 29.6 Å². The van der Waals surface area contributed by atoms with E-state index >= 15 is 0 Å². The summed E-state index contributed by atoms with van der Waals surface area (Å²) in [6, 6.07) is 3.74. The highest BCUT2D eigenvalue weighted by atomic mass is 35.5. The van der Waals surface area contributed by atoms with E-state index < -0.39 is 5.97 Å². The monoisotopic (exact) mass is 401 g/mol. The topological polar surface area (TPSA) is 59.8 Å². The van der Waals surface area contributed by atoms with Gasteiger partial charge in [0.15, 0.2) is 5.78 Å². The van der Waals surface area contributed by atoms with Crippen LogP contribution in [0.25, 0.3) is 11.0 Å². The molecule has 5 nitrogen and oxygen atoms in total. The molecule has 4 rings (SSSR count). The van der Waals surface area contributed by atoms with Gasteiger partial charge in [-0.3, -0.25) is 4.79 Å². The highest BCUT2D eigenvalue weighted by molar-refractivity contribution is 6.35. The molecule has 0 aliphatic carbocycles. The first-order chi connectivity index (χ1) is 13.2. The van der Waals surface area contributed by atoms with Gasteiger partial charge in [-0.15, -0.1) is 0 Å². The lowest BCUT2D eigenvalue weighted by atomic mass is 9.74. The Bertz CT molecular complexity index is 998. The van der Waals surface area contributed by atoms with Crippen molar-refractivity contribution in [1.29, 1.82) is 0 Å². The lowest BCUT2D eigenvalue weighted by molar-refractivity contribution is -0.140. The molecule has 0 amide bonds. The van der Waals surface area contributed by atoms with E-state index in [1.807, 2.05) is 12.1 Å². The number of carbonyl (C=O) groups is 2. The number of ketones is 1. The Labute approximate surface area is 169 Å². The average molecular weight is 402 g/mol. The Hall–Kier alpha value is -2.27. The van der Waals surface area contributed by atoms with Gasteiger partial charge in [0.05, 0.1) is 23.9 Å². The van der Waals surface area contributed by atoms with E-state index in [4.69, 9.17) is 20.8 Å². The molecule has 2 aliphatic rings. The third kappa shape index (κ3) is 2.93. The molecule has 2 aliphatic heterocycles. The summed E-state index contributed by atoms with van der Waals surface area (Å²) in [6.45, 7) is 8.49. The average Bonchev–Trinajstić information content (AvgIpc) is 3.11. The number of nitrogens with zero attached hydrogens (tertiary/aromatic N) is 1. The van der Waals surface area contributed by atoms with E-state index in [-0.39, 0.29) is 41.9 Å². The lowest BCUT2D eigenvalue weighted by Gasteiger charge is -2.49. The van der Waals surface area contributed by atoms with Crippen LogP contribution in [0.2, 0.25) is 5.02 Å². The van der Waals surface area contributed by atoms with Crippen molar-refractivity contribution in [3.05, 3.63) is 46.3 Å². The predicted molar refractivity (Wildman–Crippen MR) is 107 cm³/mol. The Morgan fingerprint density at radius 2 is 2.11 bits per heavy atom. The zero-order valence-corrected chi connectivity index (χ0v) is 17.3. The van der Waals surface area contributed by atoms with Gasteiger partial charge in [0.1, 0.15) is 11.2 Å². The second-order valence-electron chi connectivity index (χ2n) is 8.53. The van der Waals surface area contributed by atoms with Gasteiger partial charge in [-0.2, -0.15) is 0 Å². The van der Waals surface area contributed by atoms with Crippen molar-refractivity contribution in [1.82, 2.24) is 4.90 Å². The first-order valence-corrected chi connectivity index (χ1v) is 9.98. The van der Waals surface area contributed by atoms with Crippen molar-refractivity contribution in [3.8, 4) is 0 Å². The number of hydrogen-bond acceptors (Lipinski definition) is 5. The third-order valence-electron chi connectivity index (χ3n) is 5.76. The summed E-state index contributed by atoms with van der Waals surface area (Å²) in [6.07, 6.45) is 4.32. The van der Waals surface area contributed by atoms with Crippen LogP contribution in [0.4, 0.5) is 0 Å². The zero-order chi connectivity index (χ0) is 20.2. The molecular formula is C22H24ClNO4. The first-order valence-electron chi connectivity index (χ1n) is 9.60. The van der Waals surface area contributed by atoms with E-state index in [1.54, 1.807) is 19.4 Å². The fourth-order valence-electron chi connectivity index (χ4n) is 4.38. The summed E-state index contributed by atoms with van der Waals surface area (Å²) in [5, 5.41) is 1.51. The maximum Gasteiger partial charge on any atom is 0.343 e. The van der Waals surface area contributed by atoms with E-state index in [2.05, 4.69) is 25.7 Å². The molecule has 0 bridgehead atoms. The number of halogens is 1.